The molecule has 0 bridgehead atoms. The number of hydrogen-bond acceptors (Lipinski definition) is 3. The lowest BCUT2D eigenvalue weighted by Crippen LogP contribution is -2.87. The van der Waals surface area contributed by atoms with Gasteiger partial charge >= 0.3 is 0 Å². The zero-order valence-electron chi connectivity index (χ0n) is 15.8. The van der Waals surface area contributed by atoms with Crippen LogP contribution in [0.4, 0.5) is 0 Å². The molecule has 1 heterocycles. The molecule has 0 unspecified atom stereocenters. The molecule has 0 saturated carbocycles. The smallest absolute Gasteiger partial charge is 0.277 e. The Labute approximate surface area is 161 Å². The molecule has 1 aliphatic heterocycles. The third-order valence-corrected chi connectivity index (χ3v) is 7.02. The van der Waals surface area contributed by atoms with E-state index in [0.717, 1.165) is 11.1 Å². The lowest BCUT2D eigenvalue weighted by Gasteiger charge is -2.24. The first-order valence-electron chi connectivity index (χ1n) is 9.26. The van der Waals surface area contributed by atoms with Gasteiger partial charge in [-0.2, -0.15) is 0 Å². The second-order valence-corrected chi connectivity index (χ2v) is 9.53. The molecular weight excluding hydrogens is 360 g/mol. The lowest BCUT2D eigenvalue weighted by molar-refractivity contribution is -0.677. The second kappa shape index (κ2) is 8.23. The Morgan fingerprint density at radius 3 is 2.33 bits per heavy atom. The van der Waals surface area contributed by atoms with Gasteiger partial charge in [-0.1, -0.05) is 60.2 Å². The molecule has 2 aromatic rings. The number of likely N-dealkylation sites (N-methyl/N-ethyl adjacent to an activating group) is 1. The van der Waals surface area contributed by atoms with E-state index < -0.39 is 9.84 Å². The van der Waals surface area contributed by atoms with Crippen molar-refractivity contribution in [2.75, 3.05) is 25.1 Å². The number of quaternary nitrogens is 1. The minimum atomic E-state index is -3.00. The number of amides is 1. The summed E-state index contributed by atoms with van der Waals surface area (Å²) in [6.45, 7) is 2.33. The maximum Gasteiger partial charge on any atom is 0.277 e. The summed E-state index contributed by atoms with van der Waals surface area (Å²) in [7, 11) is -1.29. The average Bonchev–Trinajstić information content (AvgIpc) is 3.03. The van der Waals surface area contributed by atoms with Crippen molar-refractivity contribution in [2.45, 2.75) is 25.4 Å². The van der Waals surface area contributed by atoms with Gasteiger partial charge in [0.05, 0.1) is 11.5 Å². The van der Waals surface area contributed by atoms with Crippen molar-refractivity contribution in [3.63, 3.8) is 0 Å². The quantitative estimate of drug-likeness (QED) is 0.812. The number of carbonyl (C=O) groups excluding carboxylic acids is 1. The highest BCUT2D eigenvalue weighted by Gasteiger charge is 2.33. The number of rotatable bonds is 6. The van der Waals surface area contributed by atoms with Crippen molar-refractivity contribution >= 4 is 15.7 Å². The molecule has 2 aromatic carbocycles. The number of hydrogen-bond donors (Lipinski definition) is 1. The predicted octanol–water partition coefficient (Wildman–Crippen LogP) is 1.29. The van der Waals surface area contributed by atoms with Crippen molar-refractivity contribution < 1.29 is 18.5 Å². The number of nitrogens with two attached hydrogens (primary N) is 1. The molecule has 144 valence electrons. The van der Waals surface area contributed by atoms with Gasteiger partial charge in [-0.3, -0.25) is 4.79 Å². The number of nitrogens with zero attached hydrogens (tertiary/aromatic N) is 1. The first-order chi connectivity index (χ1) is 12.9. The monoisotopic (exact) mass is 387 g/mol. The topological polar surface area (TPSA) is 71.1 Å². The Kier molecular flexibility index (Phi) is 5.97. The van der Waals surface area contributed by atoms with E-state index in [1.807, 2.05) is 23.5 Å². The van der Waals surface area contributed by atoms with Crippen LogP contribution in [0.25, 0.3) is 0 Å². The average molecular weight is 388 g/mol. The maximum atomic E-state index is 12.7. The minimum absolute atomic E-state index is 0.0245. The molecule has 0 aliphatic carbocycles. The third-order valence-electron chi connectivity index (χ3n) is 5.27. The van der Waals surface area contributed by atoms with Gasteiger partial charge in [-0.05, 0) is 13.3 Å². The number of sulfone groups is 1. The maximum absolute atomic E-state index is 12.7. The molecule has 0 spiro atoms. The molecule has 0 radical (unpaired) electrons. The molecule has 1 saturated heterocycles. The van der Waals surface area contributed by atoms with E-state index in [4.69, 9.17) is 0 Å². The molecule has 6 heteroatoms. The fraction of sp³-hybridized carbons (Fsp3) is 0.381. The summed E-state index contributed by atoms with van der Waals surface area (Å²) >= 11 is 0. The summed E-state index contributed by atoms with van der Waals surface area (Å²) in [6, 6.07) is 18.3. The van der Waals surface area contributed by atoms with Crippen molar-refractivity contribution in [1.29, 1.82) is 0 Å². The summed E-state index contributed by atoms with van der Waals surface area (Å²) in [4.78, 5) is 14.3. The zero-order chi connectivity index (χ0) is 19.4. The van der Waals surface area contributed by atoms with Crippen LogP contribution in [0.3, 0.4) is 0 Å². The van der Waals surface area contributed by atoms with Crippen molar-refractivity contribution in [3.05, 3.63) is 71.3 Å². The molecule has 2 atom stereocenters. The fourth-order valence-corrected chi connectivity index (χ4v) is 5.32. The van der Waals surface area contributed by atoms with E-state index in [9.17, 15) is 13.2 Å². The normalized spacial score (nSPS) is 19.6. The highest BCUT2D eigenvalue weighted by Crippen LogP contribution is 2.19. The Morgan fingerprint density at radius 1 is 1.11 bits per heavy atom. The highest BCUT2D eigenvalue weighted by atomic mass is 32.2. The fourth-order valence-electron chi connectivity index (χ4n) is 3.55. The van der Waals surface area contributed by atoms with Gasteiger partial charge < -0.3 is 10.2 Å². The predicted molar refractivity (Wildman–Crippen MR) is 106 cm³/mol. The first-order valence-corrected chi connectivity index (χ1v) is 11.1. The standard InChI is InChI=1S/C21H26N2O3S/c1-16-8-10-18(11-9-16)21(17-6-4-3-5-7-17)22-14-20(24)23(2)19-12-13-27(25,26)15-19/h3-11,19,21-22H,12-15H2,1-2H3/p+1/t19-,21-/m0/s1. The molecule has 27 heavy (non-hydrogen) atoms. The van der Waals surface area contributed by atoms with Gasteiger partial charge in [0.15, 0.2) is 16.4 Å². The van der Waals surface area contributed by atoms with Gasteiger partial charge in [-0.25, -0.2) is 8.42 Å². The van der Waals surface area contributed by atoms with Gasteiger partial charge in [-0.15, -0.1) is 0 Å². The van der Waals surface area contributed by atoms with E-state index in [-0.39, 0.29) is 36.0 Å². The molecule has 0 aromatic heterocycles. The van der Waals surface area contributed by atoms with Crippen LogP contribution in [0.5, 0.6) is 0 Å². The Hall–Kier alpha value is -2.18. The first kappa shape index (κ1) is 19.6. The van der Waals surface area contributed by atoms with Crippen LogP contribution >= 0.6 is 0 Å². The Balaban J connectivity index is 1.71. The third kappa shape index (κ3) is 4.96. The van der Waals surface area contributed by atoms with Crippen molar-refractivity contribution in [2.24, 2.45) is 0 Å². The van der Waals surface area contributed by atoms with Crippen LogP contribution in [0.1, 0.15) is 29.2 Å². The number of benzene rings is 2. The van der Waals surface area contributed by atoms with Crippen LogP contribution < -0.4 is 5.32 Å². The summed E-state index contributed by atoms with van der Waals surface area (Å²) < 4.78 is 23.4. The van der Waals surface area contributed by atoms with E-state index in [2.05, 4.69) is 43.3 Å². The van der Waals surface area contributed by atoms with Crippen LogP contribution in [-0.4, -0.2) is 50.4 Å². The van der Waals surface area contributed by atoms with E-state index in [0.29, 0.717) is 6.42 Å². The van der Waals surface area contributed by atoms with Crippen LogP contribution in [0, 0.1) is 6.92 Å². The van der Waals surface area contributed by atoms with Crippen molar-refractivity contribution in [1.82, 2.24) is 4.90 Å². The highest BCUT2D eigenvalue weighted by molar-refractivity contribution is 7.91. The number of carbonyl (C=O) groups is 1. The summed E-state index contributed by atoms with van der Waals surface area (Å²) in [5.41, 5.74) is 3.48. The summed E-state index contributed by atoms with van der Waals surface area (Å²) in [6.07, 6.45) is 0.532. The SMILES string of the molecule is Cc1ccc([C@@H]([NH2+]CC(=O)N(C)[C@H]2CCS(=O)(=O)C2)c2ccccc2)cc1. The van der Waals surface area contributed by atoms with Gasteiger partial charge in [0, 0.05) is 24.2 Å². The van der Waals surface area contributed by atoms with Gasteiger partial charge in [0.25, 0.3) is 5.91 Å². The van der Waals surface area contributed by atoms with E-state index >= 15 is 0 Å². The molecular formula is C21H27N2O3S+. The summed E-state index contributed by atoms with van der Waals surface area (Å²) in [5, 5.41) is 2.03. The minimum Gasteiger partial charge on any atom is -0.337 e. The molecule has 3 rings (SSSR count). The molecule has 1 fully saturated rings. The zero-order valence-corrected chi connectivity index (χ0v) is 16.7. The van der Waals surface area contributed by atoms with Crippen LogP contribution in [-0.2, 0) is 14.6 Å². The molecule has 5 nitrogen and oxygen atoms in total. The second-order valence-electron chi connectivity index (χ2n) is 7.30. The molecule has 1 aliphatic rings. The van der Waals surface area contributed by atoms with Gasteiger partial charge in [0.1, 0.15) is 6.04 Å². The Bertz CT molecular complexity index is 879. The molecule has 2 N–H and O–H groups in total. The van der Waals surface area contributed by atoms with E-state index in [1.165, 1.54) is 5.56 Å². The Morgan fingerprint density at radius 2 is 1.74 bits per heavy atom. The van der Waals surface area contributed by atoms with Crippen LogP contribution in [0.15, 0.2) is 54.6 Å². The van der Waals surface area contributed by atoms with E-state index in [1.54, 1.807) is 11.9 Å². The van der Waals surface area contributed by atoms with Crippen LogP contribution in [0.2, 0.25) is 0 Å². The van der Waals surface area contributed by atoms with Crippen molar-refractivity contribution in [3.8, 4) is 0 Å². The molecule has 1 amide bonds. The largest absolute Gasteiger partial charge is 0.337 e. The number of aryl methyl sites for hydroxylation is 1. The lowest BCUT2D eigenvalue weighted by atomic mass is 9.98. The van der Waals surface area contributed by atoms with Gasteiger partial charge in [0.2, 0.25) is 0 Å². The summed E-state index contributed by atoms with van der Waals surface area (Å²) in [5.74, 6) is 0.217.